The van der Waals surface area contributed by atoms with E-state index in [1.54, 1.807) is 0 Å². The fourth-order valence-corrected chi connectivity index (χ4v) is 3.32. The number of fused-ring (bicyclic) bond motifs is 1. The highest BCUT2D eigenvalue weighted by atomic mass is 35.5. The van der Waals surface area contributed by atoms with Gasteiger partial charge in [-0.15, -0.1) is 12.4 Å². The Morgan fingerprint density at radius 2 is 2.04 bits per heavy atom. The second-order valence-corrected chi connectivity index (χ2v) is 6.44. The average molecular weight is 384 g/mol. The van der Waals surface area contributed by atoms with Crippen LogP contribution in [0.4, 0.5) is 0 Å². The van der Waals surface area contributed by atoms with E-state index < -0.39 is 0 Å². The molecule has 8 heteroatoms. The molecule has 0 saturated carbocycles. The van der Waals surface area contributed by atoms with Crippen molar-refractivity contribution in [3.63, 3.8) is 0 Å². The molecule has 1 aromatic carbocycles. The number of carbonyl (C=O) groups is 2. The zero-order chi connectivity index (χ0) is 17.6. The standard InChI is InChI=1S/C18H25N3O4.ClH/c19-7-6-17(22)20-11-14-3-1-2-8-21(14)18(23)10-13-4-5-15-16(9-13)25-12-24-15;/h4-5,9,14H,1-3,6-8,10-12,19H2,(H,20,22);1H. The predicted octanol–water partition coefficient (Wildman–Crippen LogP) is 1.23. The number of carbonyl (C=O) groups excluding carboxylic acids is 2. The van der Waals surface area contributed by atoms with Crippen LogP contribution in [0, 0.1) is 0 Å². The third-order valence-corrected chi connectivity index (χ3v) is 4.65. The first-order chi connectivity index (χ1) is 12.2. The summed E-state index contributed by atoms with van der Waals surface area (Å²) < 4.78 is 10.7. The molecule has 1 unspecified atom stereocenters. The van der Waals surface area contributed by atoms with Gasteiger partial charge in [-0.05, 0) is 37.0 Å². The monoisotopic (exact) mass is 383 g/mol. The Labute approximate surface area is 159 Å². The Bertz CT molecular complexity index is 641. The van der Waals surface area contributed by atoms with Crippen molar-refractivity contribution in [3.8, 4) is 11.5 Å². The number of benzene rings is 1. The van der Waals surface area contributed by atoms with E-state index in [4.69, 9.17) is 15.2 Å². The SMILES string of the molecule is Cl.NCCC(=O)NCC1CCCCN1C(=O)Cc1ccc2c(c1)OCO2. The minimum atomic E-state index is -0.0590. The van der Waals surface area contributed by atoms with Crippen LogP contribution in [0.3, 0.4) is 0 Å². The van der Waals surface area contributed by atoms with Crippen LogP contribution in [0.25, 0.3) is 0 Å². The van der Waals surface area contributed by atoms with E-state index in [-0.39, 0.29) is 37.1 Å². The molecule has 2 aliphatic rings. The smallest absolute Gasteiger partial charge is 0.231 e. The highest BCUT2D eigenvalue weighted by Crippen LogP contribution is 2.32. The molecule has 26 heavy (non-hydrogen) atoms. The zero-order valence-electron chi connectivity index (χ0n) is 14.7. The van der Waals surface area contributed by atoms with E-state index in [0.29, 0.717) is 31.7 Å². The fraction of sp³-hybridized carbons (Fsp3) is 0.556. The number of likely N-dealkylation sites (tertiary alicyclic amines) is 1. The van der Waals surface area contributed by atoms with Crippen molar-refractivity contribution in [1.29, 1.82) is 0 Å². The number of halogens is 1. The molecule has 0 aromatic heterocycles. The fourth-order valence-electron chi connectivity index (χ4n) is 3.32. The summed E-state index contributed by atoms with van der Waals surface area (Å²) in [6.07, 6.45) is 3.63. The topological polar surface area (TPSA) is 93.9 Å². The summed E-state index contributed by atoms with van der Waals surface area (Å²) >= 11 is 0. The Balaban J connectivity index is 0.00000243. The van der Waals surface area contributed by atoms with Crippen molar-refractivity contribution in [1.82, 2.24) is 10.2 Å². The first kappa shape index (κ1) is 20.3. The lowest BCUT2D eigenvalue weighted by Gasteiger charge is -2.36. The minimum absolute atomic E-state index is 0. The van der Waals surface area contributed by atoms with Gasteiger partial charge in [0.25, 0.3) is 0 Å². The number of hydrogen-bond donors (Lipinski definition) is 2. The number of nitrogens with two attached hydrogens (primary N) is 1. The zero-order valence-corrected chi connectivity index (χ0v) is 15.6. The number of nitrogens with one attached hydrogen (secondary N) is 1. The molecule has 2 heterocycles. The number of hydrogen-bond acceptors (Lipinski definition) is 5. The number of ether oxygens (including phenoxy) is 2. The second kappa shape index (κ2) is 9.64. The Morgan fingerprint density at radius 3 is 2.85 bits per heavy atom. The number of nitrogens with zero attached hydrogens (tertiary/aromatic N) is 1. The van der Waals surface area contributed by atoms with Crippen molar-refractivity contribution >= 4 is 24.2 Å². The van der Waals surface area contributed by atoms with Crippen LogP contribution in [0.2, 0.25) is 0 Å². The summed E-state index contributed by atoms with van der Waals surface area (Å²) in [5.41, 5.74) is 6.30. The molecule has 144 valence electrons. The molecule has 1 atom stereocenters. The molecule has 0 bridgehead atoms. The first-order valence-corrected chi connectivity index (χ1v) is 8.82. The molecule has 1 saturated heterocycles. The highest BCUT2D eigenvalue weighted by molar-refractivity contribution is 5.85. The quantitative estimate of drug-likeness (QED) is 0.770. The molecular formula is C18H26ClN3O4. The Morgan fingerprint density at radius 1 is 1.23 bits per heavy atom. The summed E-state index contributed by atoms with van der Waals surface area (Å²) in [6.45, 7) is 1.79. The van der Waals surface area contributed by atoms with Gasteiger partial charge in [0.2, 0.25) is 18.6 Å². The van der Waals surface area contributed by atoms with Gasteiger partial charge in [0, 0.05) is 32.1 Å². The number of piperidine rings is 1. The van der Waals surface area contributed by atoms with Crippen LogP contribution < -0.4 is 20.5 Å². The van der Waals surface area contributed by atoms with Crippen molar-refractivity contribution in [2.75, 3.05) is 26.4 Å². The van der Waals surface area contributed by atoms with Crippen LogP contribution in [0.15, 0.2) is 18.2 Å². The summed E-state index contributed by atoms with van der Waals surface area (Å²) in [6, 6.07) is 5.65. The van der Waals surface area contributed by atoms with Gasteiger partial charge < -0.3 is 25.4 Å². The largest absolute Gasteiger partial charge is 0.454 e. The maximum Gasteiger partial charge on any atom is 0.231 e. The van der Waals surface area contributed by atoms with E-state index in [1.165, 1.54) is 0 Å². The normalized spacial score (nSPS) is 18.2. The second-order valence-electron chi connectivity index (χ2n) is 6.44. The van der Waals surface area contributed by atoms with Crippen molar-refractivity contribution in [3.05, 3.63) is 23.8 Å². The Hall–Kier alpha value is -1.99. The van der Waals surface area contributed by atoms with Gasteiger partial charge in [0.15, 0.2) is 11.5 Å². The van der Waals surface area contributed by atoms with E-state index in [2.05, 4.69) is 5.32 Å². The minimum Gasteiger partial charge on any atom is -0.454 e. The lowest BCUT2D eigenvalue weighted by molar-refractivity contribution is -0.134. The van der Waals surface area contributed by atoms with Crippen LogP contribution >= 0.6 is 12.4 Å². The van der Waals surface area contributed by atoms with Crippen LogP contribution in [-0.2, 0) is 16.0 Å². The maximum absolute atomic E-state index is 12.8. The van der Waals surface area contributed by atoms with Gasteiger partial charge in [-0.25, -0.2) is 0 Å². The summed E-state index contributed by atoms with van der Waals surface area (Å²) in [4.78, 5) is 26.3. The van der Waals surface area contributed by atoms with E-state index >= 15 is 0 Å². The van der Waals surface area contributed by atoms with E-state index in [0.717, 1.165) is 37.1 Å². The van der Waals surface area contributed by atoms with Gasteiger partial charge in [-0.3, -0.25) is 9.59 Å². The molecule has 3 N–H and O–H groups in total. The third-order valence-electron chi connectivity index (χ3n) is 4.65. The van der Waals surface area contributed by atoms with Crippen LogP contribution in [-0.4, -0.2) is 49.2 Å². The maximum atomic E-state index is 12.8. The molecule has 1 aromatic rings. The molecular weight excluding hydrogens is 358 g/mol. The van der Waals surface area contributed by atoms with Crippen molar-refractivity contribution < 1.29 is 19.1 Å². The third kappa shape index (κ3) is 5.02. The lowest BCUT2D eigenvalue weighted by atomic mass is 10.0. The molecule has 1 fully saturated rings. The van der Waals surface area contributed by atoms with Crippen molar-refractivity contribution in [2.45, 2.75) is 38.1 Å². The highest BCUT2D eigenvalue weighted by Gasteiger charge is 2.27. The number of amides is 2. The van der Waals surface area contributed by atoms with Gasteiger partial charge >= 0.3 is 0 Å². The first-order valence-electron chi connectivity index (χ1n) is 8.82. The van der Waals surface area contributed by atoms with E-state index in [1.807, 2.05) is 23.1 Å². The average Bonchev–Trinajstić information content (AvgIpc) is 3.08. The molecule has 7 nitrogen and oxygen atoms in total. The Kier molecular flexibility index (Phi) is 7.53. The van der Waals surface area contributed by atoms with Crippen molar-refractivity contribution in [2.24, 2.45) is 5.73 Å². The van der Waals surface area contributed by atoms with Gasteiger partial charge in [-0.1, -0.05) is 6.07 Å². The van der Waals surface area contributed by atoms with Gasteiger partial charge in [0.05, 0.1) is 6.42 Å². The molecule has 2 amide bonds. The number of rotatable bonds is 6. The summed E-state index contributed by atoms with van der Waals surface area (Å²) in [5.74, 6) is 1.43. The van der Waals surface area contributed by atoms with E-state index in [9.17, 15) is 9.59 Å². The van der Waals surface area contributed by atoms with Crippen LogP contribution in [0.5, 0.6) is 11.5 Å². The summed E-state index contributed by atoms with van der Waals surface area (Å²) in [5, 5.41) is 2.89. The van der Waals surface area contributed by atoms with Crippen LogP contribution in [0.1, 0.15) is 31.2 Å². The van der Waals surface area contributed by atoms with Gasteiger partial charge in [-0.2, -0.15) is 0 Å². The molecule has 3 rings (SSSR count). The molecule has 0 radical (unpaired) electrons. The molecule has 0 aliphatic carbocycles. The molecule has 2 aliphatic heterocycles. The van der Waals surface area contributed by atoms with Gasteiger partial charge in [0.1, 0.15) is 0 Å². The lowest BCUT2D eigenvalue weighted by Crippen LogP contribution is -2.50. The predicted molar refractivity (Wildman–Crippen MR) is 99.6 cm³/mol. The molecule has 0 spiro atoms. The summed E-state index contributed by atoms with van der Waals surface area (Å²) in [7, 11) is 0.